The highest BCUT2D eigenvalue weighted by Gasteiger charge is 2.19. The molecule has 104 valence electrons. The van der Waals surface area contributed by atoms with Crippen LogP contribution in [0.25, 0.3) is 10.3 Å². The predicted octanol–water partition coefficient (Wildman–Crippen LogP) is 0.614. The Balaban J connectivity index is 2.73. The van der Waals surface area contributed by atoms with Crippen molar-refractivity contribution < 1.29 is 8.42 Å². The molecule has 7 nitrogen and oxygen atoms in total. The van der Waals surface area contributed by atoms with Crippen molar-refractivity contribution in [3.63, 3.8) is 0 Å². The van der Waals surface area contributed by atoms with Gasteiger partial charge in [0.25, 0.3) is 5.56 Å². The second-order valence-corrected chi connectivity index (χ2v) is 7.67. The topological polar surface area (TPSA) is 94.0 Å². The smallest absolute Gasteiger partial charge is 0.282 e. The molecule has 0 saturated carbocycles. The number of anilines is 1. The molecule has 0 aliphatic heterocycles. The fourth-order valence-electron chi connectivity index (χ4n) is 1.48. The van der Waals surface area contributed by atoms with Crippen LogP contribution < -0.4 is 10.9 Å². The Morgan fingerprint density at radius 1 is 1.32 bits per heavy atom. The summed E-state index contributed by atoms with van der Waals surface area (Å²) in [5.41, 5.74) is -0.276. The van der Waals surface area contributed by atoms with Crippen LogP contribution in [-0.4, -0.2) is 35.3 Å². The Morgan fingerprint density at radius 2 is 1.95 bits per heavy atom. The molecule has 0 unspecified atom stereocenters. The molecule has 0 bridgehead atoms. The maximum Gasteiger partial charge on any atom is 0.282 e. The molecule has 0 fully saturated rings. The molecule has 0 amide bonds. The molecule has 0 atom stereocenters. The molecule has 19 heavy (non-hydrogen) atoms. The average molecular weight is 302 g/mol. The lowest BCUT2D eigenvalue weighted by Crippen LogP contribution is -2.24. The van der Waals surface area contributed by atoms with E-state index in [2.05, 4.69) is 15.3 Å². The number of fused-ring (bicyclic) bond motifs is 1. The zero-order valence-corrected chi connectivity index (χ0v) is 12.6. The second-order valence-electron chi connectivity index (χ2n) is 4.50. The van der Waals surface area contributed by atoms with Gasteiger partial charge < -0.3 is 5.32 Å². The van der Waals surface area contributed by atoms with Gasteiger partial charge in [0.2, 0.25) is 20.1 Å². The Labute approximate surface area is 114 Å². The van der Waals surface area contributed by atoms with Crippen molar-refractivity contribution in [3.05, 3.63) is 10.4 Å². The van der Waals surface area contributed by atoms with Crippen molar-refractivity contribution in [2.24, 2.45) is 7.05 Å². The molecule has 0 aliphatic rings. The third kappa shape index (κ3) is 2.61. The zero-order valence-electron chi connectivity index (χ0n) is 11.0. The molecule has 2 aromatic heterocycles. The summed E-state index contributed by atoms with van der Waals surface area (Å²) >= 11 is 0.905. The summed E-state index contributed by atoms with van der Waals surface area (Å²) in [5.74, 6) is 0.399. The molecule has 2 heterocycles. The Hall–Kier alpha value is -1.48. The lowest BCUT2D eigenvalue weighted by atomic mass is 10.4. The summed E-state index contributed by atoms with van der Waals surface area (Å²) in [5, 5.41) is 3.04. The highest BCUT2D eigenvalue weighted by molar-refractivity contribution is 7.92. The molecular weight excluding hydrogens is 288 g/mol. The SMILES string of the molecule is CC(C)Nc1nc2sc(S(C)(=O)=O)nc2c(=O)n1C. The lowest BCUT2D eigenvalue weighted by molar-refractivity contribution is 0.601. The number of rotatable bonds is 3. The van der Waals surface area contributed by atoms with E-state index in [1.807, 2.05) is 13.8 Å². The number of hydrogen-bond acceptors (Lipinski definition) is 7. The third-order valence-electron chi connectivity index (χ3n) is 2.36. The van der Waals surface area contributed by atoms with E-state index in [0.29, 0.717) is 10.8 Å². The van der Waals surface area contributed by atoms with Crippen molar-refractivity contribution in [2.75, 3.05) is 11.6 Å². The summed E-state index contributed by atoms with van der Waals surface area (Å²) in [4.78, 5) is 20.6. The molecule has 1 N–H and O–H groups in total. The zero-order chi connectivity index (χ0) is 14.4. The monoisotopic (exact) mass is 302 g/mol. The largest absolute Gasteiger partial charge is 0.353 e. The van der Waals surface area contributed by atoms with E-state index >= 15 is 0 Å². The number of sulfone groups is 1. The average Bonchev–Trinajstić information content (AvgIpc) is 2.68. The first-order chi connectivity index (χ1) is 8.70. The van der Waals surface area contributed by atoms with Gasteiger partial charge in [0.15, 0.2) is 10.3 Å². The van der Waals surface area contributed by atoms with Crippen molar-refractivity contribution in [1.29, 1.82) is 0 Å². The van der Waals surface area contributed by atoms with Gasteiger partial charge in [0, 0.05) is 19.3 Å². The molecule has 2 rings (SSSR count). The summed E-state index contributed by atoms with van der Waals surface area (Å²) in [6.07, 6.45) is 1.06. The van der Waals surface area contributed by atoms with Gasteiger partial charge in [-0.3, -0.25) is 9.36 Å². The van der Waals surface area contributed by atoms with Crippen molar-refractivity contribution >= 4 is 37.5 Å². The maximum atomic E-state index is 12.1. The highest BCUT2D eigenvalue weighted by Crippen LogP contribution is 2.22. The van der Waals surface area contributed by atoms with Crippen LogP contribution in [0.2, 0.25) is 0 Å². The van der Waals surface area contributed by atoms with Crippen LogP contribution in [0.1, 0.15) is 13.8 Å². The lowest BCUT2D eigenvalue weighted by Gasteiger charge is -2.11. The van der Waals surface area contributed by atoms with Crippen LogP contribution in [0, 0.1) is 0 Å². The minimum Gasteiger partial charge on any atom is -0.353 e. The van der Waals surface area contributed by atoms with Crippen molar-refractivity contribution in [2.45, 2.75) is 24.2 Å². The van der Waals surface area contributed by atoms with Gasteiger partial charge in [-0.25, -0.2) is 18.4 Å². The van der Waals surface area contributed by atoms with Gasteiger partial charge in [-0.15, -0.1) is 0 Å². The predicted molar refractivity (Wildman–Crippen MR) is 74.5 cm³/mol. The summed E-state index contributed by atoms with van der Waals surface area (Å²) in [7, 11) is -1.86. The number of nitrogens with one attached hydrogen (secondary N) is 1. The van der Waals surface area contributed by atoms with E-state index in [9.17, 15) is 13.2 Å². The van der Waals surface area contributed by atoms with Crippen LogP contribution >= 0.6 is 11.3 Å². The van der Waals surface area contributed by atoms with Crippen molar-refractivity contribution in [1.82, 2.24) is 14.5 Å². The van der Waals surface area contributed by atoms with Gasteiger partial charge >= 0.3 is 0 Å². The van der Waals surface area contributed by atoms with Gasteiger partial charge in [0.05, 0.1) is 0 Å². The fraction of sp³-hybridized carbons (Fsp3) is 0.500. The quantitative estimate of drug-likeness (QED) is 0.893. The first-order valence-electron chi connectivity index (χ1n) is 5.54. The Kier molecular flexibility index (Phi) is 3.35. The van der Waals surface area contributed by atoms with Gasteiger partial charge in [-0.1, -0.05) is 11.3 Å². The van der Waals surface area contributed by atoms with E-state index in [1.54, 1.807) is 7.05 Å². The van der Waals surface area contributed by atoms with Crippen LogP contribution in [0.15, 0.2) is 9.13 Å². The van der Waals surface area contributed by atoms with Crippen LogP contribution in [0.5, 0.6) is 0 Å². The number of nitrogens with zero attached hydrogens (tertiary/aromatic N) is 3. The van der Waals surface area contributed by atoms with Gasteiger partial charge in [0.1, 0.15) is 0 Å². The minimum atomic E-state index is -3.43. The minimum absolute atomic E-state index is 0.0854. The molecule has 0 aliphatic carbocycles. The van der Waals surface area contributed by atoms with Crippen LogP contribution in [-0.2, 0) is 16.9 Å². The van der Waals surface area contributed by atoms with E-state index in [4.69, 9.17) is 0 Å². The summed E-state index contributed by atoms with van der Waals surface area (Å²) in [6, 6.07) is 0.109. The fourth-order valence-corrected chi connectivity index (χ4v) is 3.24. The van der Waals surface area contributed by atoms with Crippen LogP contribution in [0.3, 0.4) is 0 Å². The van der Waals surface area contributed by atoms with E-state index in [-0.39, 0.29) is 21.5 Å². The number of thiazole rings is 1. The van der Waals surface area contributed by atoms with E-state index in [1.165, 1.54) is 4.57 Å². The Bertz CT molecular complexity index is 789. The molecule has 2 aromatic rings. The standard InChI is InChI=1S/C10H14N4O3S2/c1-5(2)11-9-13-7-6(8(15)14(9)3)12-10(18-7)19(4,16)17/h5H,1-4H3,(H,11,13). The molecular formula is C10H14N4O3S2. The highest BCUT2D eigenvalue weighted by atomic mass is 32.2. The van der Waals surface area contributed by atoms with Gasteiger partial charge in [-0.2, -0.15) is 0 Å². The van der Waals surface area contributed by atoms with E-state index in [0.717, 1.165) is 17.6 Å². The number of hydrogen-bond donors (Lipinski definition) is 1. The molecule has 9 heteroatoms. The molecule has 0 aromatic carbocycles. The third-order valence-corrected chi connectivity index (χ3v) is 4.98. The molecule has 0 spiro atoms. The number of aromatic nitrogens is 3. The van der Waals surface area contributed by atoms with Crippen LogP contribution in [0.4, 0.5) is 5.95 Å². The summed E-state index contributed by atoms with van der Waals surface area (Å²) in [6.45, 7) is 3.84. The second kappa shape index (κ2) is 4.57. The summed E-state index contributed by atoms with van der Waals surface area (Å²) < 4.78 is 24.2. The maximum absolute atomic E-state index is 12.1. The van der Waals surface area contributed by atoms with Crippen molar-refractivity contribution in [3.8, 4) is 0 Å². The normalized spacial score (nSPS) is 12.3. The van der Waals surface area contributed by atoms with Gasteiger partial charge in [-0.05, 0) is 13.8 Å². The Morgan fingerprint density at radius 3 is 2.47 bits per heavy atom. The molecule has 0 saturated heterocycles. The van der Waals surface area contributed by atoms with E-state index < -0.39 is 9.84 Å². The molecule has 0 radical (unpaired) electrons. The first-order valence-corrected chi connectivity index (χ1v) is 8.25. The first kappa shape index (κ1) is 13.9.